The van der Waals surface area contributed by atoms with Gasteiger partial charge in [-0.05, 0) is 45.9 Å². The summed E-state index contributed by atoms with van der Waals surface area (Å²) in [4.78, 5) is 20.8. The van der Waals surface area contributed by atoms with Crippen LogP contribution in [0.15, 0.2) is 30.3 Å². The summed E-state index contributed by atoms with van der Waals surface area (Å²) in [7, 11) is 0. The van der Waals surface area contributed by atoms with Gasteiger partial charge in [-0.25, -0.2) is 9.97 Å². The molecule has 0 aliphatic rings. The third kappa shape index (κ3) is 4.43. The molecule has 0 saturated heterocycles. The Kier molecular flexibility index (Phi) is 4.66. The molecule has 1 aromatic carbocycles. The number of carbonyl (C=O) groups is 1. The number of nitrogens with zero attached hydrogens (tertiary/aromatic N) is 2. The van der Waals surface area contributed by atoms with E-state index in [1.165, 1.54) is 0 Å². The molecule has 0 aliphatic carbocycles. The zero-order valence-electron chi connectivity index (χ0n) is 13.1. The monoisotopic (exact) mass is 318 g/mol. The van der Waals surface area contributed by atoms with Gasteiger partial charge in [0.2, 0.25) is 5.95 Å². The number of nitrogens with one attached hydrogen (secondary N) is 2. The van der Waals surface area contributed by atoms with Crippen LogP contribution in [0.3, 0.4) is 0 Å². The summed E-state index contributed by atoms with van der Waals surface area (Å²) in [5.41, 5.74) is 1.38. The van der Waals surface area contributed by atoms with Crippen LogP contribution >= 0.6 is 11.6 Å². The average Bonchev–Trinajstić information content (AvgIpc) is 2.39. The first kappa shape index (κ1) is 16.2. The summed E-state index contributed by atoms with van der Waals surface area (Å²) in [5.74, 6) is 0.104. The van der Waals surface area contributed by atoms with Gasteiger partial charge in [0, 0.05) is 11.2 Å². The Bertz CT molecular complexity index is 695. The Labute approximate surface area is 135 Å². The molecule has 0 unspecified atom stereocenters. The predicted octanol–water partition coefficient (Wildman–Crippen LogP) is 3.71. The van der Waals surface area contributed by atoms with Crippen molar-refractivity contribution in [2.75, 3.05) is 5.32 Å². The summed E-state index contributed by atoms with van der Waals surface area (Å²) in [6.45, 7) is 7.57. The minimum atomic E-state index is -0.327. The van der Waals surface area contributed by atoms with Gasteiger partial charge in [-0.15, -0.1) is 0 Å². The minimum absolute atomic E-state index is 0.236. The molecule has 5 nitrogen and oxygen atoms in total. The molecule has 2 N–H and O–H groups in total. The molecule has 0 fully saturated rings. The lowest BCUT2D eigenvalue weighted by molar-refractivity contribution is 0.0914. The molecule has 6 heteroatoms. The minimum Gasteiger partial charge on any atom is -0.346 e. The van der Waals surface area contributed by atoms with Crippen molar-refractivity contribution in [1.29, 1.82) is 0 Å². The van der Waals surface area contributed by atoms with Crippen LogP contribution in [0.2, 0.25) is 5.02 Å². The third-order valence-electron chi connectivity index (χ3n) is 2.70. The SMILES string of the molecule is Cc1cc(C(=O)NC(C)(C)C)nc(Nc2ccccc2Cl)n1. The number of hydrogen-bond acceptors (Lipinski definition) is 4. The molecule has 0 atom stereocenters. The lowest BCUT2D eigenvalue weighted by atomic mass is 10.1. The second kappa shape index (κ2) is 6.32. The highest BCUT2D eigenvalue weighted by Gasteiger charge is 2.17. The van der Waals surface area contributed by atoms with Gasteiger partial charge in [-0.1, -0.05) is 23.7 Å². The topological polar surface area (TPSA) is 66.9 Å². The van der Waals surface area contributed by atoms with Crippen LogP contribution in [0.4, 0.5) is 11.6 Å². The second-order valence-corrected chi connectivity index (χ2v) is 6.43. The van der Waals surface area contributed by atoms with Crippen molar-refractivity contribution in [3.05, 3.63) is 46.7 Å². The molecule has 1 aromatic heterocycles. The summed E-state index contributed by atoms with van der Waals surface area (Å²) >= 11 is 6.11. The molecule has 2 aromatic rings. The number of aryl methyl sites for hydroxylation is 1. The second-order valence-electron chi connectivity index (χ2n) is 6.03. The van der Waals surface area contributed by atoms with Gasteiger partial charge in [-0.3, -0.25) is 4.79 Å². The number of benzene rings is 1. The maximum Gasteiger partial charge on any atom is 0.270 e. The summed E-state index contributed by atoms with van der Waals surface area (Å²) < 4.78 is 0. The van der Waals surface area contributed by atoms with E-state index in [1.807, 2.05) is 45.9 Å². The fourth-order valence-corrected chi connectivity index (χ4v) is 2.01. The molecular weight excluding hydrogens is 300 g/mol. The maximum absolute atomic E-state index is 12.2. The highest BCUT2D eigenvalue weighted by Crippen LogP contribution is 2.23. The summed E-state index contributed by atoms with van der Waals surface area (Å²) in [6, 6.07) is 8.94. The predicted molar refractivity (Wildman–Crippen MR) is 88.7 cm³/mol. The molecular formula is C16H19ClN4O. The van der Waals surface area contributed by atoms with Gasteiger partial charge in [0.1, 0.15) is 5.69 Å². The number of rotatable bonds is 3. The number of anilines is 2. The Morgan fingerprint density at radius 2 is 1.86 bits per heavy atom. The van der Waals surface area contributed by atoms with Crippen LogP contribution in [0, 0.1) is 6.92 Å². The van der Waals surface area contributed by atoms with Crippen molar-refractivity contribution < 1.29 is 4.79 Å². The van der Waals surface area contributed by atoms with Crippen LogP contribution in [-0.4, -0.2) is 21.4 Å². The first-order valence-corrected chi connectivity index (χ1v) is 7.32. The maximum atomic E-state index is 12.2. The lowest BCUT2D eigenvalue weighted by Gasteiger charge is -2.20. The molecule has 0 bridgehead atoms. The summed E-state index contributed by atoms with van der Waals surface area (Å²) in [5, 5.41) is 6.48. The van der Waals surface area contributed by atoms with Gasteiger partial charge in [0.05, 0.1) is 10.7 Å². The van der Waals surface area contributed by atoms with Crippen molar-refractivity contribution in [2.45, 2.75) is 33.2 Å². The normalized spacial score (nSPS) is 11.1. The molecule has 0 aliphatic heterocycles. The molecule has 22 heavy (non-hydrogen) atoms. The van der Waals surface area contributed by atoms with E-state index < -0.39 is 0 Å². The van der Waals surface area contributed by atoms with E-state index in [9.17, 15) is 4.79 Å². The quantitative estimate of drug-likeness (QED) is 0.905. The Morgan fingerprint density at radius 3 is 2.50 bits per heavy atom. The molecule has 0 radical (unpaired) electrons. The van der Waals surface area contributed by atoms with Gasteiger partial charge < -0.3 is 10.6 Å². The van der Waals surface area contributed by atoms with Crippen LogP contribution in [0.1, 0.15) is 37.0 Å². The molecule has 0 saturated carbocycles. The van der Waals surface area contributed by atoms with Gasteiger partial charge >= 0.3 is 0 Å². The smallest absolute Gasteiger partial charge is 0.270 e. The van der Waals surface area contributed by atoms with Crippen molar-refractivity contribution in [3.8, 4) is 0 Å². The number of carbonyl (C=O) groups excluding carboxylic acids is 1. The van der Waals surface area contributed by atoms with E-state index in [-0.39, 0.29) is 11.4 Å². The number of amides is 1. The molecule has 1 amide bonds. The lowest BCUT2D eigenvalue weighted by Crippen LogP contribution is -2.41. The largest absolute Gasteiger partial charge is 0.346 e. The van der Waals surface area contributed by atoms with E-state index in [0.717, 1.165) is 0 Å². The fraction of sp³-hybridized carbons (Fsp3) is 0.312. The van der Waals surface area contributed by atoms with Crippen molar-refractivity contribution in [2.24, 2.45) is 0 Å². The van der Waals surface area contributed by atoms with Crippen LogP contribution < -0.4 is 10.6 Å². The first-order chi connectivity index (χ1) is 10.2. The van der Waals surface area contributed by atoms with Crippen LogP contribution in [0.25, 0.3) is 0 Å². The number of aromatic nitrogens is 2. The number of halogens is 1. The molecule has 116 valence electrons. The molecule has 2 rings (SSSR count). The van der Waals surface area contributed by atoms with E-state index in [0.29, 0.717) is 28.0 Å². The Balaban J connectivity index is 2.27. The Morgan fingerprint density at radius 1 is 1.18 bits per heavy atom. The first-order valence-electron chi connectivity index (χ1n) is 6.94. The highest BCUT2D eigenvalue weighted by atomic mass is 35.5. The summed E-state index contributed by atoms with van der Waals surface area (Å²) in [6.07, 6.45) is 0. The van der Waals surface area contributed by atoms with Crippen molar-refractivity contribution in [3.63, 3.8) is 0 Å². The number of hydrogen-bond donors (Lipinski definition) is 2. The van der Waals surface area contributed by atoms with Gasteiger partial charge in [-0.2, -0.15) is 0 Å². The molecule has 0 spiro atoms. The van der Waals surface area contributed by atoms with Crippen molar-refractivity contribution >= 4 is 29.1 Å². The fourth-order valence-electron chi connectivity index (χ4n) is 1.83. The van der Waals surface area contributed by atoms with Crippen molar-refractivity contribution in [1.82, 2.24) is 15.3 Å². The third-order valence-corrected chi connectivity index (χ3v) is 3.03. The van der Waals surface area contributed by atoms with E-state index >= 15 is 0 Å². The number of para-hydroxylation sites is 1. The standard InChI is InChI=1S/C16H19ClN4O/c1-10-9-13(14(22)21-16(2,3)4)20-15(18-10)19-12-8-6-5-7-11(12)17/h5-9H,1-4H3,(H,21,22)(H,18,19,20). The van der Waals surface area contributed by atoms with E-state index in [4.69, 9.17) is 11.6 Å². The average molecular weight is 319 g/mol. The van der Waals surface area contributed by atoms with Crippen LogP contribution in [0.5, 0.6) is 0 Å². The van der Waals surface area contributed by atoms with Crippen LogP contribution in [-0.2, 0) is 0 Å². The van der Waals surface area contributed by atoms with Gasteiger partial charge in [0.25, 0.3) is 5.91 Å². The van der Waals surface area contributed by atoms with E-state index in [2.05, 4.69) is 20.6 Å². The zero-order valence-corrected chi connectivity index (χ0v) is 13.8. The highest BCUT2D eigenvalue weighted by molar-refractivity contribution is 6.33. The van der Waals surface area contributed by atoms with E-state index in [1.54, 1.807) is 12.1 Å². The zero-order chi connectivity index (χ0) is 16.3. The molecule has 1 heterocycles. The Hall–Kier alpha value is -2.14. The van der Waals surface area contributed by atoms with Gasteiger partial charge in [0.15, 0.2) is 0 Å².